The fourth-order valence-electron chi connectivity index (χ4n) is 3.36. The van der Waals surface area contributed by atoms with Gasteiger partial charge in [-0.25, -0.2) is 0 Å². The number of amides is 1. The van der Waals surface area contributed by atoms with Crippen LogP contribution in [0.4, 0.5) is 5.69 Å². The minimum atomic E-state index is -0.606. The number of para-hydroxylation sites is 3. The summed E-state index contributed by atoms with van der Waals surface area (Å²) in [5.74, 6) is 1.18. The number of ether oxygens (including phenoxy) is 2. The molecule has 0 aliphatic carbocycles. The Morgan fingerprint density at radius 2 is 1.70 bits per heavy atom. The van der Waals surface area contributed by atoms with Crippen LogP contribution < -0.4 is 14.8 Å². The summed E-state index contributed by atoms with van der Waals surface area (Å²) in [5, 5.41) is 13.7. The standard InChI is InChI=1S/C22H28ClN3O4/c1-29-20-8-4-5-9-21(20)30-16-17(27)14-25-10-12-26(13-11-25)15-22(28)24-19-7-3-2-6-18(19)23/h2-9,17,27H,10-16H2,1H3,(H,24,28). The van der Waals surface area contributed by atoms with Crippen molar-refractivity contribution in [3.63, 3.8) is 0 Å². The summed E-state index contributed by atoms with van der Waals surface area (Å²) in [6.07, 6.45) is -0.606. The average molecular weight is 434 g/mol. The van der Waals surface area contributed by atoms with Crippen LogP contribution in [0.5, 0.6) is 11.5 Å². The van der Waals surface area contributed by atoms with Gasteiger partial charge in [-0.3, -0.25) is 14.6 Å². The fourth-order valence-corrected chi connectivity index (χ4v) is 3.54. The summed E-state index contributed by atoms with van der Waals surface area (Å²) in [7, 11) is 1.59. The normalized spacial score (nSPS) is 16.1. The number of aliphatic hydroxyl groups excluding tert-OH is 1. The second kappa shape index (κ2) is 11.2. The van der Waals surface area contributed by atoms with Gasteiger partial charge in [0.25, 0.3) is 0 Å². The van der Waals surface area contributed by atoms with E-state index in [2.05, 4.69) is 15.1 Å². The van der Waals surface area contributed by atoms with E-state index in [0.717, 1.165) is 26.2 Å². The number of rotatable bonds is 9. The van der Waals surface area contributed by atoms with Crippen molar-refractivity contribution in [1.82, 2.24) is 9.80 Å². The van der Waals surface area contributed by atoms with Crippen molar-refractivity contribution in [3.8, 4) is 11.5 Å². The minimum absolute atomic E-state index is 0.0817. The Morgan fingerprint density at radius 1 is 1.07 bits per heavy atom. The lowest BCUT2D eigenvalue weighted by atomic mass is 10.2. The number of nitrogens with one attached hydrogen (secondary N) is 1. The molecule has 1 amide bonds. The largest absolute Gasteiger partial charge is 0.493 e. The van der Waals surface area contributed by atoms with Gasteiger partial charge in [-0.2, -0.15) is 0 Å². The van der Waals surface area contributed by atoms with Crippen molar-refractivity contribution in [3.05, 3.63) is 53.6 Å². The van der Waals surface area contributed by atoms with E-state index in [9.17, 15) is 9.90 Å². The molecule has 0 saturated carbocycles. The maximum atomic E-state index is 12.3. The minimum Gasteiger partial charge on any atom is -0.493 e. The molecule has 1 aliphatic rings. The van der Waals surface area contributed by atoms with Gasteiger partial charge in [0.15, 0.2) is 11.5 Å². The summed E-state index contributed by atoms with van der Waals surface area (Å²) in [5.41, 5.74) is 0.626. The van der Waals surface area contributed by atoms with E-state index < -0.39 is 6.10 Å². The van der Waals surface area contributed by atoms with Gasteiger partial charge in [-0.05, 0) is 24.3 Å². The van der Waals surface area contributed by atoms with E-state index in [1.54, 1.807) is 19.2 Å². The Balaban J connectivity index is 1.37. The van der Waals surface area contributed by atoms with E-state index in [1.165, 1.54) is 0 Å². The zero-order chi connectivity index (χ0) is 21.3. The SMILES string of the molecule is COc1ccccc1OCC(O)CN1CCN(CC(=O)Nc2ccccc2Cl)CC1. The summed E-state index contributed by atoms with van der Waals surface area (Å²) in [4.78, 5) is 16.5. The van der Waals surface area contributed by atoms with E-state index in [-0.39, 0.29) is 12.5 Å². The van der Waals surface area contributed by atoms with Gasteiger partial charge in [-0.15, -0.1) is 0 Å². The number of nitrogens with zero attached hydrogens (tertiary/aromatic N) is 2. The Morgan fingerprint density at radius 3 is 2.40 bits per heavy atom. The zero-order valence-corrected chi connectivity index (χ0v) is 17.8. The molecule has 0 spiro atoms. The molecule has 2 N–H and O–H groups in total. The molecule has 8 heteroatoms. The summed E-state index contributed by atoms with van der Waals surface area (Å²) < 4.78 is 10.9. The zero-order valence-electron chi connectivity index (χ0n) is 17.1. The molecule has 1 saturated heterocycles. The fraction of sp³-hybridized carbons (Fsp3) is 0.409. The Labute approximate surface area is 182 Å². The average Bonchev–Trinajstić information content (AvgIpc) is 2.75. The van der Waals surface area contributed by atoms with E-state index in [0.29, 0.717) is 35.3 Å². The molecule has 0 bridgehead atoms. The van der Waals surface area contributed by atoms with Gasteiger partial charge in [0, 0.05) is 32.7 Å². The quantitative estimate of drug-likeness (QED) is 0.632. The third kappa shape index (κ3) is 6.60. The molecule has 162 valence electrons. The van der Waals surface area contributed by atoms with Crippen molar-refractivity contribution in [2.45, 2.75) is 6.10 Å². The van der Waals surface area contributed by atoms with Crippen molar-refractivity contribution >= 4 is 23.2 Å². The first-order valence-corrected chi connectivity index (χ1v) is 10.4. The third-order valence-corrected chi connectivity index (χ3v) is 5.28. The second-order valence-corrected chi connectivity index (χ2v) is 7.63. The maximum absolute atomic E-state index is 12.3. The van der Waals surface area contributed by atoms with Crippen LogP contribution in [0.1, 0.15) is 0 Å². The van der Waals surface area contributed by atoms with E-state index in [1.807, 2.05) is 36.4 Å². The highest BCUT2D eigenvalue weighted by molar-refractivity contribution is 6.33. The monoisotopic (exact) mass is 433 g/mol. The first kappa shape index (κ1) is 22.4. The van der Waals surface area contributed by atoms with E-state index >= 15 is 0 Å². The van der Waals surface area contributed by atoms with Crippen LogP contribution >= 0.6 is 11.6 Å². The van der Waals surface area contributed by atoms with Gasteiger partial charge >= 0.3 is 0 Å². The van der Waals surface area contributed by atoms with Crippen LogP contribution in [0, 0.1) is 0 Å². The lowest BCUT2D eigenvalue weighted by molar-refractivity contribution is -0.117. The highest BCUT2D eigenvalue weighted by Crippen LogP contribution is 2.25. The van der Waals surface area contributed by atoms with Gasteiger partial charge in [0.1, 0.15) is 12.7 Å². The topological polar surface area (TPSA) is 74.3 Å². The number of hydrogen-bond donors (Lipinski definition) is 2. The smallest absolute Gasteiger partial charge is 0.238 e. The number of benzene rings is 2. The van der Waals surface area contributed by atoms with Crippen LogP contribution in [0.3, 0.4) is 0 Å². The molecule has 0 radical (unpaired) electrons. The van der Waals surface area contributed by atoms with Crippen molar-refractivity contribution < 1.29 is 19.4 Å². The molecule has 0 aromatic heterocycles. The molecular weight excluding hydrogens is 406 g/mol. The summed E-state index contributed by atoms with van der Waals surface area (Å²) in [6, 6.07) is 14.6. The molecule has 1 atom stereocenters. The molecule has 1 unspecified atom stereocenters. The first-order chi connectivity index (χ1) is 14.5. The van der Waals surface area contributed by atoms with Crippen LogP contribution in [-0.2, 0) is 4.79 Å². The first-order valence-electron chi connectivity index (χ1n) is 9.98. The number of aliphatic hydroxyl groups is 1. The van der Waals surface area contributed by atoms with Gasteiger partial charge in [-0.1, -0.05) is 35.9 Å². The molecule has 1 aliphatic heterocycles. The number of methoxy groups -OCH3 is 1. The lowest BCUT2D eigenvalue weighted by Crippen LogP contribution is -2.50. The van der Waals surface area contributed by atoms with Crippen molar-refractivity contribution in [2.75, 3.05) is 58.3 Å². The summed E-state index contributed by atoms with van der Waals surface area (Å²) >= 11 is 6.08. The third-order valence-electron chi connectivity index (χ3n) is 4.95. The number of β-amino-alcohol motifs (C(OH)–C–C–N with tert-alkyl or cyclic N) is 1. The molecule has 2 aromatic carbocycles. The molecule has 30 heavy (non-hydrogen) atoms. The van der Waals surface area contributed by atoms with Crippen LogP contribution in [0.2, 0.25) is 5.02 Å². The number of carbonyl (C=O) groups excluding carboxylic acids is 1. The number of piperazine rings is 1. The van der Waals surface area contributed by atoms with Gasteiger partial charge in [0.2, 0.25) is 5.91 Å². The summed E-state index contributed by atoms with van der Waals surface area (Å²) in [6.45, 7) is 4.12. The molecule has 1 heterocycles. The highest BCUT2D eigenvalue weighted by Gasteiger charge is 2.21. The molecular formula is C22H28ClN3O4. The number of carbonyl (C=O) groups is 1. The highest BCUT2D eigenvalue weighted by atomic mass is 35.5. The van der Waals surface area contributed by atoms with Crippen LogP contribution in [0.25, 0.3) is 0 Å². The Bertz CT molecular complexity index is 828. The van der Waals surface area contributed by atoms with Gasteiger partial charge in [0.05, 0.1) is 24.4 Å². The molecule has 7 nitrogen and oxygen atoms in total. The second-order valence-electron chi connectivity index (χ2n) is 7.22. The Kier molecular flexibility index (Phi) is 8.33. The number of anilines is 1. The molecule has 2 aromatic rings. The van der Waals surface area contributed by atoms with Crippen LogP contribution in [0.15, 0.2) is 48.5 Å². The predicted molar refractivity (Wildman–Crippen MR) is 117 cm³/mol. The molecule has 3 rings (SSSR count). The predicted octanol–water partition coefficient (Wildman–Crippen LogP) is 2.34. The van der Waals surface area contributed by atoms with Crippen molar-refractivity contribution in [1.29, 1.82) is 0 Å². The van der Waals surface area contributed by atoms with E-state index in [4.69, 9.17) is 21.1 Å². The Hall–Kier alpha value is -2.32. The number of hydrogen-bond acceptors (Lipinski definition) is 6. The van der Waals surface area contributed by atoms with Crippen LogP contribution in [-0.4, -0.2) is 79.9 Å². The number of halogens is 1. The maximum Gasteiger partial charge on any atom is 0.238 e. The van der Waals surface area contributed by atoms with Crippen molar-refractivity contribution in [2.24, 2.45) is 0 Å². The lowest BCUT2D eigenvalue weighted by Gasteiger charge is -2.35. The molecule has 1 fully saturated rings. The van der Waals surface area contributed by atoms with Gasteiger partial charge < -0.3 is 19.9 Å².